The van der Waals surface area contributed by atoms with Gasteiger partial charge in [0.1, 0.15) is 5.76 Å². The number of rotatable bonds is 4. The van der Waals surface area contributed by atoms with Crippen molar-refractivity contribution >= 4 is 6.03 Å². The van der Waals surface area contributed by atoms with Gasteiger partial charge in [0.05, 0.1) is 12.3 Å². The van der Waals surface area contributed by atoms with Crippen LogP contribution in [0.5, 0.6) is 0 Å². The average molecular weight is 250 g/mol. The molecule has 2 heterocycles. The van der Waals surface area contributed by atoms with E-state index in [0.29, 0.717) is 5.92 Å². The third-order valence-electron chi connectivity index (χ3n) is 3.38. The molecule has 1 saturated heterocycles. The van der Waals surface area contributed by atoms with Gasteiger partial charge in [-0.25, -0.2) is 4.79 Å². The van der Waals surface area contributed by atoms with Crippen LogP contribution in [0.25, 0.3) is 0 Å². The summed E-state index contributed by atoms with van der Waals surface area (Å²) < 4.78 is 5.42. The van der Waals surface area contributed by atoms with Crippen LogP contribution in [0, 0.1) is 5.92 Å². The lowest BCUT2D eigenvalue weighted by molar-refractivity contribution is 0.185. The number of furan rings is 1. The van der Waals surface area contributed by atoms with Crippen LogP contribution in [0.4, 0.5) is 4.79 Å². The van der Waals surface area contributed by atoms with E-state index in [4.69, 9.17) is 4.42 Å². The fourth-order valence-corrected chi connectivity index (χ4v) is 2.36. The predicted octanol–water partition coefficient (Wildman–Crippen LogP) is 3.17. The molecule has 0 unspecified atom stereocenters. The van der Waals surface area contributed by atoms with Crippen LogP contribution >= 0.6 is 0 Å². The van der Waals surface area contributed by atoms with E-state index in [1.165, 1.54) is 0 Å². The molecule has 1 aromatic rings. The molecule has 1 aliphatic heterocycles. The smallest absolute Gasteiger partial charge is 0.318 e. The molecule has 1 N–H and O–H groups in total. The van der Waals surface area contributed by atoms with Crippen molar-refractivity contribution in [1.82, 2.24) is 10.2 Å². The molecule has 0 saturated carbocycles. The molecule has 2 rings (SSSR count). The first-order valence-corrected chi connectivity index (χ1v) is 6.76. The van der Waals surface area contributed by atoms with Crippen LogP contribution in [-0.2, 0) is 0 Å². The molecule has 1 fully saturated rings. The van der Waals surface area contributed by atoms with Crippen molar-refractivity contribution in [3.05, 3.63) is 24.2 Å². The fraction of sp³-hybridized carbons (Fsp3) is 0.643. The van der Waals surface area contributed by atoms with Crippen molar-refractivity contribution in [2.45, 2.75) is 39.2 Å². The van der Waals surface area contributed by atoms with Crippen molar-refractivity contribution in [3.63, 3.8) is 0 Å². The van der Waals surface area contributed by atoms with Gasteiger partial charge in [0.2, 0.25) is 0 Å². The first-order chi connectivity index (χ1) is 8.68. The monoisotopic (exact) mass is 250 g/mol. The lowest BCUT2D eigenvalue weighted by Crippen LogP contribution is -2.40. The highest BCUT2D eigenvalue weighted by Crippen LogP contribution is 2.31. The zero-order valence-corrected chi connectivity index (χ0v) is 11.2. The van der Waals surface area contributed by atoms with Gasteiger partial charge < -0.3 is 14.6 Å². The minimum Gasteiger partial charge on any atom is -0.467 e. The number of likely N-dealkylation sites (tertiary alicyclic amines) is 1. The summed E-state index contributed by atoms with van der Waals surface area (Å²) in [4.78, 5) is 14.0. The normalized spacial score (nSPS) is 19.5. The standard InChI is InChI=1S/C14H22N2O2/c1-11(2)7-8-15-14(17)16-9-3-5-12(16)13-6-4-10-18-13/h4,6,10-12H,3,5,7-9H2,1-2H3,(H,15,17)/t12-/m1/s1. The van der Waals surface area contributed by atoms with E-state index < -0.39 is 0 Å². The van der Waals surface area contributed by atoms with Crippen LogP contribution in [0.2, 0.25) is 0 Å². The third kappa shape index (κ3) is 3.06. The Bertz CT molecular complexity index is 373. The van der Waals surface area contributed by atoms with Crippen LogP contribution in [0.3, 0.4) is 0 Å². The lowest BCUT2D eigenvalue weighted by Gasteiger charge is -2.23. The largest absolute Gasteiger partial charge is 0.467 e. The van der Waals surface area contributed by atoms with Crippen molar-refractivity contribution in [1.29, 1.82) is 0 Å². The molecular weight excluding hydrogens is 228 g/mol. The van der Waals surface area contributed by atoms with E-state index in [2.05, 4.69) is 19.2 Å². The molecule has 0 aliphatic carbocycles. The van der Waals surface area contributed by atoms with Gasteiger partial charge in [-0.2, -0.15) is 0 Å². The maximum absolute atomic E-state index is 12.1. The number of nitrogens with zero attached hydrogens (tertiary/aromatic N) is 1. The van der Waals surface area contributed by atoms with E-state index in [-0.39, 0.29) is 12.1 Å². The second-order valence-electron chi connectivity index (χ2n) is 5.28. The van der Waals surface area contributed by atoms with Gasteiger partial charge >= 0.3 is 6.03 Å². The highest BCUT2D eigenvalue weighted by molar-refractivity contribution is 5.74. The second-order valence-corrected chi connectivity index (χ2v) is 5.28. The average Bonchev–Trinajstić information content (AvgIpc) is 2.99. The molecule has 4 nitrogen and oxygen atoms in total. The number of amides is 2. The van der Waals surface area contributed by atoms with E-state index in [0.717, 1.165) is 38.1 Å². The van der Waals surface area contributed by atoms with Gasteiger partial charge in [0.15, 0.2) is 0 Å². The predicted molar refractivity (Wildman–Crippen MR) is 70.2 cm³/mol. The number of hydrogen-bond acceptors (Lipinski definition) is 2. The van der Waals surface area contributed by atoms with E-state index in [1.807, 2.05) is 17.0 Å². The SMILES string of the molecule is CC(C)CCNC(=O)N1CCC[C@@H]1c1ccco1. The van der Waals surface area contributed by atoms with E-state index >= 15 is 0 Å². The number of nitrogens with one attached hydrogen (secondary N) is 1. The van der Waals surface area contributed by atoms with Gasteiger partial charge in [-0.3, -0.25) is 0 Å². The first-order valence-electron chi connectivity index (χ1n) is 6.76. The number of carbonyl (C=O) groups excluding carboxylic acids is 1. The van der Waals surface area contributed by atoms with Crippen molar-refractivity contribution < 1.29 is 9.21 Å². The maximum atomic E-state index is 12.1. The van der Waals surface area contributed by atoms with Crippen LogP contribution in [0.1, 0.15) is 44.9 Å². The zero-order chi connectivity index (χ0) is 13.0. The molecule has 0 spiro atoms. The highest BCUT2D eigenvalue weighted by atomic mass is 16.3. The molecule has 0 bridgehead atoms. The van der Waals surface area contributed by atoms with Gasteiger partial charge in [-0.05, 0) is 37.3 Å². The third-order valence-corrected chi connectivity index (χ3v) is 3.38. The van der Waals surface area contributed by atoms with Gasteiger partial charge in [0.25, 0.3) is 0 Å². The molecule has 1 aromatic heterocycles. The summed E-state index contributed by atoms with van der Waals surface area (Å²) in [5, 5.41) is 2.99. The summed E-state index contributed by atoms with van der Waals surface area (Å²) in [6.45, 7) is 5.89. The molecule has 0 aromatic carbocycles. The van der Waals surface area contributed by atoms with Crippen molar-refractivity contribution in [3.8, 4) is 0 Å². The summed E-state index contributed by atoms with van der Waals surface area (Å²) in [6, 6.07) is 3.97. The highest BCUT2D eigenvalue weighted by Gasteiger charge is 2.31. The molecule has 4 heteroatoms. The van der Waals surface area contributed by atoms with Crippen LogP contribution < -0.4 is 5.32 Å². The number of urea groups is 1. The minimum atomic E-state index is 0.0366. The van der Waals surface area contributed by atoms with Gasteiger partial charge in [-0.1, -0.05) is 13.8 Å². The molecule has 100 valence electrons. The summed E-state index contributed by atoms with van der Waals surface area (Å²) in [7, 11) is 0. The quantitative estimate of drug-likeness (QED) is 0.892. The molecule has 18 heavy (non-hydrogen) atoms. The molecule has 1 aliphatic rings. The van der Waals surface area contributed by atoms with Crippen LogP contribution in [0.15, 0.2) is 22.8 Å². The van der Waals surface area contributed by atoms with Gasteiger partial charge in [-0.15, -0.1) is 0 Å². The second kappa shape index (κ2) is 5.94. The molecule has 1 atom stereocenters. The Labute approximate surface area is 108 Å². The Kier molecular flexibility index (Phi) is 4.28. The van der Waals surface area contributed by atoms with Gasteiger partial charge in [0, 0.05) is 13.1 Å². The summed E-state index contributed by atoms with van der Waals surface area (Å²) in [5.74, 6) is 1.51. The Balaban J connectivity index is 1.89. The fourth-order valence-electron chi connectivity index (χ4n) is 2.36. The zero-order valence-electron chi connectivity index (χ0n) is 11.2. The van der Waals surface area contributed by atoms with E-state index in [9.17, 15) is 4.79 Å². The van der Waals surface area contributed by atoms with E-state index in [1.54, 1.807) is 6.26 Å². The van der Waals surface area contributed by atoms with Crippen LogP contribution in [-0.4, -0.2) is 24.0 Å². The Hall–Kier alpha value is -1.45. The Morgan fingerprint density at radius 2 is 2.44 bits per heavy atom. The maximum Gasteiger partial charge on any atom is 0.318 e. The summed E-state index contributed by atoms with van der Waals surface area (Å²) >= 11 is 0. The number of hydrogen-bond donors (Lipinski definition) is 1. The van der Waals surface area contributed by atoms with Crippen molar-refractivity contribution in [2.75, 3.05) is 13.1 Å². The lowest BCUT2D eigenvalue weighted by atomic mass is 10.1. The minimum absolute atomic E-state index is 0.0366. The Morgan fingerprint density at radius 1 is 1.61 bits per heavy atom. The molecule has 2 amide bonds. The topological polar surface area (TPSA) is 45.5 Å². The Morgan fingerprint density at radius 3 is 3.11 bits per heavy atom. The number of carbonyl (C=O) groups is 1. The summed E-state index contributed by atoms with van der Waals surface area (Å²) in [6.07, 6.45) is 4.72. The summed E-state index contributed by atoms with van der Waals surface area (Å²) in [5.41, 5.74) is 0. The first kappa shape index (κ1) is 13.0. The molecule has 0 radical (unpaired) electrons. The van der Waals surface area contributed by atoms with Crippen molar-refractivity contribution in [2.24, 2.45) is 5.92 Å². The molecular formula is C14H22N2O2.